The number of methoxy groups -OCH3 is 2. The SMILES string of the molecule is COCCOC(=O)N(C)C1CCN(CCCOc2ccc(OC)c3c2CCC(=O)N3)CC1. The largest absolute Gasteiger partial charge is 0.495 e. The predicted octanol–water partition coefficient (Wildman–Crippen LogP) is 2.53. The van der Waals surface area contributed by atoms with Crippen molar-refractivity contribution in [3.63, 3.8) is 0 Å². The van der Waals surface area contributed by atoms with Gasteiger partial charge in [-0.1, -0.05) is 0 Å². The van der Waals surface area contributed by atoms with Crippen LogP contribution in [0.5, 0.6) is 11.5 Å². The molecule has 1 N–H and O–H groups in total. The number of piperidine rings is 1. The Morgan fingerprint density at radius 3 is 2.59 bits per heavy atom. The van der Waals surface area contributed by atoms with Crippen LogP contribution in [0.15, 0.2) is 12.1 Å². The van der Waals surface area contributed by atoms with Gasteiger partial charge in [-0.2, -0.15) is 0 Å². The Hall–Kier alpha value is -2.52. The van der Waals surface area contributed by atoms with Crippen molar-refractivity contribution in [3.8, 4) is 11.5 Å². The number of hydrogen-bond acceptors (Lipinski definition) is 7. The van der Waals surface area contributed by atoms with Gasteiger partial charge in [-0.25, -0.2) is 4.79 Å². The maximum Gasteiger partial charge on any atom is 0.409 e. The van der Waals surface area contributed by atoms with Crippen molar-refractivity contribution in [3.05, 3.63) is 17.7 Å². The molecular weight excluding hydrogens is 414 g/mol. The third-order valence-corrected chi connectivity index (χ3v) is 6.10. The zero-order chi connectivity index (χ0) is 22.9. The van der Waals surface area contributed by atoms with E-state index in [2.05, 4.69) is 10.2 Å². The predicted molar refractivity (Wildman–Crippen MR) is 121 cm³/mol. The lowest BCUT2D eigenvalue weighted by atomic mass is 10.0. The molecule has 0 spiro atoms. The molecule has 1 aromatic rings. The second-order valence-corrected chi connectivity index (χ2v) is 8.16. The van der Waals surface area contributed by atoms with Gasteiger partial charge in [0.1, 0.15) is 18.1 Å². The van der Waals surface area contributed by atoms with Crippen LogP contribution in [-0.4, -0.2) is 88.6 Å². The Balaban J connectivity index is 1.39. The minimum absolute atomic E-state index is 0.00485. The Bertz CT molecular complexity index is 779. The molecule has 2 aliphatic rings. The number of fused-ring (bicyclic) bond motifs is 1. The molecule has 2 amide bonds. The molecule has 0 aromatic heterocycles. The van der Waals surface area contributed by atoms with E-state index in [1.165, 1.54) is 0 Å². The van der Waals surface area contributed by atoms with Crippen molar-refractivity contribution < 1.29 is 28.5 Å². The van der Waals surface area contributed by atoms with Gasteiger partial charge in [-0.05, 0) is 37.8 Å². The van der Waals surface area contributed by atoms with Crippen molar-refractivity contribution >= 4 is 17.7 Å². The van der Waals surface area contributed by atoms with Crippen molar-refractivity contribution in [2.75, 3.05) is 66.0 Å². The van der Waals surface area contributed by atoms with Gasteiger partial charge in [0.05, 0.1) is 26.0 Å². The van der Waals surface area contributed by atoms with Crippen LogP contribution < -0.4 is 14.8 Å². The van der Waals surface area contributed by atoms with Crippen LogP contribution in [0.25, 0.3) is 0 Å². The van der Waals surface area contributed by atoms with Crippen molar-refractivity contribution in [2.24, 2.45) is 0 Å². The summed E-state index contributed by atoms with van der Waals surface area (Å²) in [6.45, 7) is 4.15. The Morgan fingerprint density at radius 1 is 1.12 bits per heavy atom. The summed E-state index contributed by atoms with van der Waals surface area (Å²) in [7, 11) is 4.99. The molecule has 0 aliphatic carbocycles. The smallest absolute Gasteiger partial charge is 0.409 e. The Kier molecular flexibility index (Phi) is 8.99. The molecular formula is C23H35N3O6. The standard InChI is InChI=1S/C23H35N3O6/c1-25(23(28)32-16-15-29-2)17-9-12-26(13-10-17)11-4-14-31-19-6-7-20(30-3)22-18(19)5-8-21(27)24-22/h6-7,17H,4-5,8-16H2,1-3H3,(H,24,27). The maximum absolute atomic E-state index is 12.1. The van der Waals surface area contributed by atoms with E-state index in [-0.39, 0.29) is 24.6 Å². The van der Waals surface area contributed by atoms with Crippen LogP contribution in [0.2, 0.25) is 0 Å². The maximum atomic E-state index is 12.1. The minimum atomic E-state index is -0.284. The summed E-state index contributed by atoms with van der Waals surface area (Å²) in [5.41, 5.74) is 1.73. The van der Waals surface area contributed by atoms with Crippen molar-refractivity contribution in [2.45, 2.75) is 38.1 Å². The summed E-state index contributed by atoms with van der Waals surface area (Å²) in [5, 5.41) is 2.90. The molecule has 32 heavy (non-hydrogen) atoms. The molecule has 0 bridgehead atoms. The number of anilines is 1. The van der Waals surface area contributed by atoms with Crippen LogP contribution in [0.3, 0.4) is 0 Å². The number of ether oxygens (including phenoxy) is 4. The van der Waals surface area contributed by atoms with Crippen LogP contribution in [0.1, 0.15) is 31.2 Å². The first-order chi connectivity index (χ1) is 15.5. The normalized spacial score (nSPS) is 16.8. The first kappa shape index (κ1) is 24.1. The number of nitrogens with one attached hydrogen (secondary N) is 1. The summed E-state index contributed by atoms with van der Waals surface area (Å²) in [6, 6.07) is 3.96. The molecule has 0 saturated carbocycles. The van der Waals surface area contributed by atoms with Gasteiger partial charge >= 0.3 is 6.09 Å². The number of carbonyl (C=O) groups excluding carboxylic acids is 2. The second kappa shape index (κ2) is 11.9. The van der Waals surface area contributed by atoms with Gasteiger partial charge in [-0.15, -0.1) is 0 Å². The van der Waals surface area contributed by atoms with Crippen molar-refractivity contribution in [1.29, 1.82) is 0 Å². The number of amides is 2. The fraction of sp³-hybridized carbons (Fsp3) is 0.652. The number of likely N-dealkylation sites (tertiary alicyclic amines) is 1. The topological polar surface area (TPSA) is 89.6 Å². The van der Waals surface area contributed by atoms with Gasteiger partial charge in [0.15, 0.2) is 0 Å². The van der Waals surface area contributed by atoms with E-state index in [0.717, 1.165) is 55.9 Å². The number of rotatable bonds is 10. The van der Waals surface area contributed by atoms with Gasteiger partial charge in [0, 0.05) is 51.8 Å². The van der Waals surface area contributed by atoms with Crippen LogP contribution in [0, 0.1) is 0 Å². The lowest BCUT2D eigenvalue weighted by molar-refractivity contribution is -0.116. The molecule has 178 valence electrons. The fourth-order valence-electron chi connectivity index (χ4n) is 4.20. The Morgan fingerprint density at radius 2 is 1.88 bits per heavy atom. The summed E-state index contributed by atoms with van der Waals surface area (Å²) in [5.74, 6) is 1.48. The summed E-state index contributed by atoms with van der Waals surface area (Å²) in [4.78, 5) is 28.0. The zero-order valence-corrected chi connectivity index (χ0v) is 19.4. The molecule has 1 saturated heterocycles. The lowest BCUT2D eigenvalue weighted by Gasteiger charge is -2.36. The highest BCUT2D eigenvalue weighted by molar-refractivity contribution is 5.96. The van der Waals surface area contributed by atoms with E-state index < -0.39 is 0 Å². The Labute approximate surface area is 189 Å². The molecule has 1 aromatic carbocycles. The number of carbonyl (C=O) groups is 2. The lowest BCUT2D eigenvalue weighted by Crippen LogP contribution is -2.46. The van der Waals surface area contributed by atoms with Crippen molar-refractivity contribution in [1.82, 2.24) is 9.80 Å². The van der Waals surface area contributed by atoms with E-state index in [9.17, 15) is 9.59 Å². The van der Waals surface area contributed by atoms with E-state index in [1.54, 1.807) is 26.2 Å². The summed E-state index contributed by atoms with van der Waals surface area (Å²) < 4.78 is 21.5. The van der Waals surface area contributed by atoms with Gasteiger partial charge < -0.3 is 34.1 Å². The second-order valence-electron chi connectivity index (χ2n) is 8.16. The van der Waals surface area contributed by atoms with E-state index in [1.807, 2.05) is 12.1 Å². The molecule has 3 rings (SSSR count). The van der Waals surface area contributed by atoms with E-state index in [4.69, 9.17) is 18.9 Å². The number of nitrogens with zero attached hydrogens (tertiary/aromatic N) is 2. The highest BCUT2D eigenvalue weighted by atomic mass is 16.6. The summed E-state index contributed by atoms with van der Waals surface area (Å²) >= 11 is 0. The van der Waals surface area contributed by atoms with Crippen LogP contribution in [0.4, 0.5) is 10.5 Å². The highest BCUT2D eigenvalue weighted by Gasteiger charge is 2.26. The van der Waals surface area contributed by atoms with Gasteiger partial charge in [0.25, 0.3) is 0 Å². The summed E-state index contributed by atoms with van der Waals surface area (Å²) in [6.07, 6.45) is 3.60. The molecule has 2 heterocycles. The molecule has 9 heteroatoms. The van der Waals surface area contributed by atoms with E-state index in [0.29, 0.717) is 31.8 Å². The third kappa shape index (κ3) is 6.26. The average Bonchev–Trinajstić information content (AvgIpc) is 2.81. The van der Waals surface area contributed by atoms with Crippen LogP contribution >= 0.6 is 0 Å². The zero-order valence-electron chi connectivity index (χ0n) is 19.4. The van der Waals surface area contributed by atoms with Gasteiger partial charge in [-0.3, -0.25) is 4.79 Å². The van der Waals surface area contributed by atoms with Gasteiger partial charge in [0.2, 0.25) is 5.91 Å². The fourth-order valence-corrected chi connectivity index (χ4v) is 4.20. The monoisotopic (exact) mass is 449 g/mol. The molecule has 2 aliphatic heterocycles. The van der Waals surface area contributed by atoms with E-state index >= 15 is 0 Å². The highest BCUT2D eigenvalue weighted by Crippen LogP contribution is 2.38. The first-order valence-corrected chi connectivity index (χ1v) is 11.3. The average molecular weight is 450 g/mol. The first-order valence-electron chi connectivity index (χ1n) is 11.3. The molecule has 0 radical (unpaired) electrons. The molecule has 0 unspecified atom stereocenters. The molecule has 1 fully saturated rings. The number of hydrogen-bond donors (Lipinski definition) is 1. The quantitative estimate of drug-likeness (QED) is 0.549. The number of benzene rings is 1. The molecule has 0 atom stereocenters. The molecule has 9 nitrogen and oxygen atoms in total. The third-order valence-electron chi connectivity index (χ3n) is 6.10. The minimum Gasteiger partial charge on any atom is -0.495 e. The van der Waals surface area contributed by atoms with Crippen LogP contribution in [-0.2, 0) is 20.7 Å².